The van der Waals surface area contributed by atoms with Gasteiger partial charge >= 0.3 is 22.9 Å². The minimum Gasteiger partial charge on any atom is -0.394 e. The monoisotopic (exact) mass is 608 g/mol. The van der Waals surface area contributed by atoms with Crippen LogP contribution >= 0.6 is 0 Å². The number of aryl methyl sites for hydroxylation is 1. The molecular weight excluding hydrogens is 587 g/mol. The normalized spacial score (nSPS) is 18.5. The number of ether oxygens (including phenoxy) is 1. The molecule has 13 rings (SSSR count). The second kappa shape index (κ2) is 6.84. The molecule has 0 radical (unpaired) electrons. The van der Waals surface area contributed by atoms with E-state index in [0.717, 1.165) is 50.9 Å². The van der Waals surface area contributed by atoms with E-state index in [1.165, 1.54) is 43.1 Å². The van der Waals surface area contributed by atoms with Crippen LogP contribution in [0.1, 0.15) is 5.69 Å². The molecular formula is C37H22N7OSi+3. The minimum absolute atomic E-state index is 0.198. The fourth-order valence-electron chi connectivity index (χ4n) is 9.65. The van der Waals surface area contributed by atoms with Gasteiger partial charge in [-0.05, 0) is 64.8 Å². The zero-order valence-electron chi connectivity index (χ0n) is 24.5. The van der Waals surface area contributed by atoms with Crippen LogP contribution in [0.2, 0.25) is 0 Å². The van der Waals surface area contributed by atoms with Crippen molar-refractivity contribution in [2.24, 2.45) is 0 Å². The van der Waals surface area contributed by atoms with E-state index in [1.54, 1.807) is 0 Å². The number of quaternary nitrogens is 1. The molecule has 5 aliphatic heterocycles. The second-order valence-corrected chi connectivity index (χ2v) is 16.6. The summed E-state index contributed by atoms with van der Waals surface area (Å²) in [5.74, 6) is 1.62. The summed E-state index contributed by atoms with van der Waals surface area (Å²) in [5.41, 5.74) is 11.4. The molecule has 9 heteroatoms. The Bertz CT molecular complexity index is 2790. The highest BCUT2D eigenvalue weighted by Crippen LogP contribution is 2.51. The summed E-state index contributed by atoms with van der Waals surface area (Å²) in [6.45, 7) is 2.08. The number of hydrogen-bond acceptors (Lipinski definition) is 3. The first-order valence-electron chi connectivity index (χ1n) is 15.7. The summed E-state index contributed by atoms with van der Waals surface area (Å²) in [7, 11) is -2.82. The molecule has 0 saturated heterocycles. The molecule has 212 valence electrons. The molecule has 0 bridgehead atoms. The first-order chi connectivity index (χ1) is 22.7. The number of fused-ring (bicyclic) bond motifs is 10. The summed E-state index contributed by atoms with van der Waals surface area (Å²) in [6.07, 6.45) is 4.23. The van der Waals surface area contributed by atoms with E-state index in [9.17, 15) is 0 Å². The van der Waals surface area contributed by atoms with Crippen molar-refractivity contribution >= 4 is 56.6 Å². The van der Waals surface area contributed by atoms with E-state index >= 15 is 0 Å². The molecule has 1 atom stereocenters. The lowest BCUT2D eigenvalue weighted by atomic mass is 10.1. The summed E-state index contributed by atoms with van der Waals surface area (Å²) in [4.78, 5) is 7.52. The number of rotatable bonds is 0. The molecule has 0 saturated carbocycles. The molecule has 0 amide bonds. The van der Waals surface area contributed by atoms with Gasteiger partial charge in [0.25, 0.3) is 0 Å². The smallest absolute Gasteiger partial charge is 0.394 e. The van der Waals surface area contributed by atoms with Gasteiger partial charge in [-0.1, -0.05) is 54.6 Å². The van der Waals surface area contributed by atoms with Gasteiger partial charge in [-0.25, -0.2) is 0 Å². The molecule has 10 heterocycles. The van der Waals surface area contributed by atoms with Gasteiger partial charge in [0.15, 0.2) is 19.8 Å². The molecule has 0 N–H and O–H groups in total. The number of aromatic nitrogens is 6. The predicted octanol–water partition coefficient (Wildman–Crippen LogP) is 3.03. The Hall–Kier alpha value is -5.90. The Morgan fingerprint density at radius 3 is 2.48 bits per heavy atom. The maximum absolute atomic E-state index is 6.89. The molecule has 5 aromatic heterocycles. The molecule has 8 aromatic rings. The highest BCUT2D eigenvalue weighted by molar-refractivity contribution is 7.23. The van der Waals surface area contributed by atoms with Crippen LogP contribution < -0.4 is 39.6 Å². The molecule has 1 unspecified atom stereocenters. The average molecular weight is 609 g/mol. The SMILES string of the molecule is Cc1cc2n(n1)[N+]13c4c(ccc5c4-n4c6c(ccnc6c6ccc[n+]1c64)[Si]51c4ccccc4-c4ccccc41)Oc1cccc-2[n+]13. The lowest BCUT2D eigenvalue weighted by molar-refractivity contribution is -1.05. The highest BCUT2D eigenvalue weighted by atomic mass is 28.3. The first kappa shape index (κ1) is 22.6. The number of hydrogen-bond donors (Lipinski definition) is 0. The summed E-state index contributed by atoms with van der Waals surface area (Å²) in [6, 6.07) is 38.0. The van der Waals surface area contributed by atoms with Gasteiger partial charge in [-0.3, -0.25) is 4.98 Å². The maximum atomic E-state index is 6.89. The van der Waals surface area contributed by atoms with E-state index in [-0.39, 0.29) is 4.81 Å². The molecule has 3 aromatic carbocycles. The van der Waals surface area contributed by atoms with Gasteiger partial charge in [0.05, 0.1) is 11.8 Å². The summed E-state index contributed by atoms with van der Waals surface area (Å²) in [5, 5.41) is 12.0. The van der Waals surface area contributed by atoms with Crippen molar-refractivity contribution in [3.8, 4) is 39.8 Å². The maximum Gasteiger partial charge on any atom is 0.438 e. The van der Waals surface area contributed by atoms with Gasteiger partial charge in [0, 0.05) is 32.1 Å². The molecule has 2 spiro atoms. The Morgan fingerprint density at radius 1 is 0.804 bits per heavy atom. The van der Waals surface area contributed by atoms with Gasteiger partial charge < -0.3 is 4.74 Å². The van der Waals surface area contributed by atoms with Crippen LogP contribution in [-0.4, -0.2) is 27.5 Å². The molecule has 46 heavy (non-hydrogen) atoms. The van der Waals surface area contributed by atoms with Crippen molar-refractivity contribution in [1.29, 1.82) is 0 Å². The summed E-state index contributed by atoms with van der Waals surface area (Å²) >= 11 is 0. The fourth-order valence-corrected chi connectivity index (χ4v) is 15.2. The second-order valence-electron chi connectivity index (χ2n) is 12.9. The Kier molecular flexibility index (Phi) is 3.36. The van der Waals surface area contributed by atoms with Crippen molar-refractivity contribution in [2.45, 2.75) is 6.92 Å². The van der Waals surface area contributed by atoms with Crippen molar-refractivity contribution in [3.63, 3.8) is 0 Å². The fraction of sp³-hybridized carbons (Fsp3) is 0.0270. The lowest BCUT2D eigenvalue weighted by Gasteiger charge is -2.37. The van der Waals surface area contributed by atoms with Gasteiger partial charge in [0.1, 0.15) is 15.6 Å². The molecule has 0 aliphatic carbocycles. The number of benzene rings is 3. The van der Waals surface area contributed by atoms with Crippen LogP contribution in [0.3, 0.4) is 0 Å². The van der Waals surface area contributed by atoms with E-state index < -0.39 is 8.07 Å². The van der Waals surface area contributed by atoms with Crippen molar-refractivity contribution in [2.75, 3.05) is 0 Å². The molecule has 8 nitrogen and oxygen atoms in total. The summed E-state index contributed by atoms with van der Waals surface area (Å²) < 4.78 is 14.1. The van der Waals surface area contributed by atoms with Crippen LogP contribution in [0.5, 0.6) is 11.6 Å². The molecule has 0 fully saturated rings. The third kappa shape index (κ3) is 1.97. The average Bonchev–Trinajstić information content (AvgIpc) is 3.81. The third-order valence-corrected chi connectivity index (χ3v) is 15.9. The minimum atomic E-state index is -2.82. The van der Waals surface area contributed by atoms with E-state index in [1.807, 2.05) is 6.20 Å². The number of pyridine rings is 3. The van der Waals surface area contributed by atoms with E-state index in [4.69, 9.17) is 14.8 Å². The van der Waals surface area contributed by atoms with Crippen LogP contribution in [0.25, 0.3) is 50.3 Å². The van der Waals surface area contributed by atoms with Crippen LogP contribution in [-0.2, 0) is 0 Å². The lowest BCUT2D eigenvalue weighted by Crippen LogP contribution is -2.89. The van der Waals surface area contributed by atoms with Crippen LogP contribution in [0.4, 0.5) is 5.69 Å². The topological polar surface area (TPSA) is 52.6 Å². The van der Waals surface area contributed by atoms with E-state index in [2.05, 4.69) is 135 Å². The van der Waals surface area contributed by atoms with Gasteiger partial charge in [-0.2, -0.15) is 4.57 Å². The van der Waals surface area contributed by atoms with Crippen molar-refractivity contribution in [3.05, 3.63) is 121 Å². The Morgan fingerprint density at radius 2 is 1.63 bits per heavy atom. The quantitative estimate of drug-likeness (QED) is 0.151. The zero-order chi connectivity index (χ0) is 29.7. The standard InChI is InChI=1S/C37H22N7OSi/c1-21-20-26-25-11-6-14-32-42(25)44(43(26)39-21)36-27(45-32)15-16-30-35(36)41-34-31(17-18-38-33(34)24-10-7-19-40(44)37(24)41)46(30)28-12-4-2-8-22(28)23-9-3-5-13-29(23)46/h2-20H,1H3/q+3. The molecule has 5 aliphatic rings. The highest BCUT2D eigenvalue weighted by Gasteiger charge is 2.73. The largest absolute Gasteiger partial charge is 0.438 e. The number of nitrogens with zero attached hydrogens (tertiary/aromatic N) is 7. The zero-order valence-corrected chi connectivity index (χ0v) is 25.5. The van der Waals surface area contributed by atoms with Gasteiger partial charge in [-0.15, -0.1) is 5.10 Å². The van der Waals surface area contributed by atoms with Gasteiger partial charge in [0.2, 0.25) is 21.9 Å². The Labute approximate surface area is 262 Å². The van der Waals surface area contributed by atoms with Crippen LogP contribution in [0, 0.1) is 6.92 Å². The van der Waals surface area contributed by atoms with E-state index in [0.29, 0.717) is 0 Å². The van der Waals surface area contributed by atoms with Crippen LogP contribution in [0.15, 0.2) is 116 Å². The Balaban J connectivity index is 1.36. The van der Waals surface area contributed by atoms with Crippen molar-refractivity contribution in [1.82, 2.24) is 24.3 Å². The van der Waals surface area contributed by atoms with Crippen molar-refractivity contribution < 1.29 is 14.1 Å². The third-order valence-electron chi connectivity index (χ3n) is 11.0. The predicted molar refractivity (Wildman–Crippen MR) is 176 cm³/mol. The first-order valence-corrected chi connectivity index (χ1v) is 17.7.